The molecule has 146 valence electrons. The molecule has 0 saturated carbocycles. The van der Waals surface area contributed by atoms with Gasteiger partial charge in [-0.1, -0.05) is 5.92 Å². The van der Waals surface area contributed by atoms with Crippen LogP contribution in [0.25, 0.3) is 0 Å². The molecule has 2 aliphatic heterocycles. The van der Waals surface area contributed by atoms with Crippen LogP contribution in [0.15, 0.2) is 0 Å². The molecule has 1 N–H and O–H groups in total. The highest BCUT2D eigenvalue weighted by atomic mass is 16.3. The summed E-state index contributed by atoms with van der Waals surface area (Å²) in [7, 11) is 0. The Morgan fingerprint density at radius 2 is 1.08 bits per heavy atom. The van der Waals surface area contributed by atoms with Crippen LogP contribution in [0.3, 0.4) is 0 Å². The van der Waals surface area contributed by atoms with Crippen molar-refractivity contribution in [3.63, 3.8) is 0 Å². The first-order chi connectivity index (χ1) is 11.6. The Bertz CT molecular complexity index is 403. The molecule has 0 bridgehead atoms. The number of rotatable bonds is 2. The lowest BCUT2D eigenvalue weighted by atomic mass is 10.1. The predicted octanol–water partition coefficient (Wildman–Crippen LogP) is 1.39. The zero-order chi connectivity index (χ0) is 19.1. The second-order valence-corrected chi connectivity index (χ2v) is 9.06. The standard InChI is InChI=1S/C11H20N2.C9H20N2O/c1-5-6-12-7-9-13(10-8-12)11(2,3)4;1-9(2,3)11-6-4-10(8-12)5-7-11/h1H,6-10H2,2-4H3;12H,4-8H2,1-3H3. The highest BCUT2D eigenvalue weighted by Crippen LogP contribution is 2.16. The lowest BCUT2D eigenvalue weighted by Gasteiger charge is -2.41. The van der Waals surface area contributed by atoms with Gasteiger partial charge in [0, 0.05) is 63.4 Å². The quantitative estimate of drug-likeness (QED) is 0.760. The van der Waals surface area contributed by atoms with Gasteiger partial charge in [-0.25, -0.2) is 0 Å². The minimum atomic E-state index is 0.206. The van der Waals surface area contributed by atoms with Crippen molar-refractivity contribution in [1.29, 1.82) is 0 Å². The minimum Gasteiger partial charge on any atom is -0.381 e. The molecule has 5 nitrogen and oxygen atoms in total. The van der Waals surface area contributed by atoms with Gasteiger partial charge >= 0.3 is 0 Å². The number of hydrogen-bond donors (Lipinski definition) is 1. The summed E-state index contributed by atoms with van der Waals surface area (Å²) in [5.41, 5.74) is 0.587. The van der Waals surface area contributed by atoms with E-state index in [0.29, 0.717) is 5.54 Å². The first-order valence-electron chi connectivity index (χ1n) is 9.57. The monoisotopic (exact) mass is 352 g/mol. The molecule has 25 heavy (non-hydrogen) atoms. The van der Waals surface area contributed by atoms with Crippen molar-refractivity contribution in [2.24, 2.45) is 0 Å². The molecule has 0 aromatic carbocycles. The molecule has 0 amide bonds. The summed E-state index contributed by atoms with van der Waals surface area (Å²) in [6.45, 7) is 23.2. The molecule has 0 spiro atoms. The molecule has 0 aromatic heterocycles. The van der Waals surface area contributed by atoms with Crippen LogP contribution in [0.2, 0.25) is 0 Å². The maximum atomic E-state index is 8.89. The molecule has 2 saturated heterocycles. The van der Waals surface area contributed by atoms with Crippen LogP contribution in [0.5, 0.6) is 0 Å². The summed E-state index contributed by atoms with van der Waals surface area (Å²) in [5.74, 6) is 2.70. The number of hydrogen-bond acceptors (Lipinski definition) is 5. The van der Waals surface area contributed by atoms with E-state index in [0.717, 1.165) is 58.9 Å². The highest BCUT2D eigenvalue weighted by Gasteiger charge is 2.26. The average Bonchev–Trinajstić information content (AvgIpc) is 2.55. The fourth-order valence-electron chi connectivity index (χ4n) is 3.27. The number of aliphatic hydroxyl groups excluding tert-OH is 1. The Labute approximate surface area is 156 Å². The van der Waals surface area contributed by atoms with Gasteiger partial charge in [-0.2, -0.15) is 0 Å². The van der Waals surface area contributed by atoms with E-state index in [1.54, 1.807) is 0 Å². The second kappa shape index (κ2) is 9.89. The van der Waals surface area contributed by atoms with Crippen LogP contribution in [-0.2, 0) is 0 Å². The van der Waals surface area contributed by atoms with Crippen molar-refractivity contribution < 1.29 is 5.11 Å². The van der Waals surface area contributed by atoms with Gasteiger partial charge in [0.1, 0.15) is 0 Å². The van der Waals surface area contributed by atoms with Gasteiger partial charge in [-0.15, -0.1) is 6.42 Å². The van der Waals surface area contributed by atoms with Crippen molar-refractivity contribution in [3.8, 4) is 12.3 Å². The first-order valence-corrected chi connectivity index (χ1v) is 9.57. The highest BCUT2D eigenvalue weighted by molar-refractivity contribution is 4.91. The predicted molar refractivity (Wildman–Crippen MR) is 107 cm³/mol. The third kappa shape index (κ3) is 8.06. The summed E-state index contributed by atoms with van der Waals surface area (Å²) in [5, 5.41) is 8.89. The fourth-order valence-corrected chi connectivity index (χ4v) is 3.27. The van der Waals surface area contributed by atoms with Gasteiger partial charge in [0.25, 0.3) is 0 Å². The zero-order valence-electron chi connectivity index (χ0n) is 17.4. The van der Waals surface area contributed by atoms with E-state index < -0.39 is 0 Å². The van der Waals surface area contributed by atoms with Crippen LogP contribution in [-0.4, -0.2) is 101 Å². The first kappa shape index (κ1) is 22.4. The Balaban J connectivity index is 0.000000251. The van der Waals surface area contributed by atoms with Crippen LogP contribution in [0, 0.1) is 12.3 Å². The van der Waals surface area contributed by atoms with E-state index in [4.69, 9.17) is 11.5 Å². The van der Waals surface area contributed by atoms with Crippen LogP contribution in [0.4, 0.5) is 0 Å². The molecule has 2 rings (SSSR count). The molecule has 5 heteroatoms. The lowest BCUT2D eigenvalue weighted by Crippen LogP contribution is -2.53. The normalized spacial score (nSPS) is 22.2. The molecular weight excluding hydrogens is 312 g/mol. The van der Waals surface area contributed by atoms with Crippen molar-refractivity contribution in [1.82, 2.24) is 19.6 Å². The molecule has 0 aliphatic carbocycles. The number of terminal acetylenes is 1. The summed E-state index contributed by atoms with van der Waals surface area (Å²) < 4.78 is 0. The van der Waals surface area contributed by atoms with E-state index in [9.17, 15) is 0 Å². The van der Waals surface area contributed by atoms with E-state index in [1.807, 2.05) is 0 Å². The Hall–Kier alpha value is -0.640. The van der Waals surface area contributed by atoms with E-state index >= 15 is 0 Å². The SMILES string of the molecule is C#CCN1CCN(C(C)(C)C)CC1.CC(C)(C)N1CCN(CO)CC1. The van der Waals surface area contributed by atoms with Gasteiger partial charge in [0.05, 0.1) is 13.3 Å². The van der Waals surface area contributed by atoms with Crippen LogP contribution >= 0.6 is 0 Å². The van der Waals surface area contributed by atoms with E-state index in [1.165, 1.54) is 0 Å². The summed E-state index contributed by atoms with van der Waals surface area (Å²) in [6, 6.07) is 0. The summed E-state index contributed by atoms with van der Waals surface area (Å²) >= 11 is 0. The van der Waals surface area contributed by atoms with E-state index in [-0.39, 0.29) is 12.3 Å². The van der Waals surface area contributed by atoms with Gasteiger partial charge < -0.3 is 5.11 Å². The van der Waals surface area contributed by atoms with Crippen molar-refractivity contribution in [3.05, 3.63) is 0 Å². The molecule has 0 unspecified atom stereocenters. The summed E-state index contributed by atoms with van der Waals surface area (Å²) in [4.78, 5) is 9.38. The van der Waals surface area contributed by atoms with E-state index in [2.05, 4.69) is 67.1 Å². The van der Waals surface area contributed by atoms with Crippen LogP contribution < -0.4 is 0 Å². The van der Waals surface area contributed by atoms with Gasteiger partial charge in [-0.05, 0) is 41.5 Å². The maximum Gasteiger partial charge on any atom is 0.0957 e. The molecule has 0 atom stereocenters. The maximum absolute atomic E-state index is 8.89. The molecule has 2 heterocycles. The third-order valence-corrected chi connectivity index (χ3v) is 5.16. The molecule has 0 radical (unpaired) electrons. The molecule has 0 aromatic rings. The van der Waals surface area contributed by atoms with Crippen molar-refractivity contribution in [2.75, 3.05) is 65.6 Å². The van der Waals surface area contributed by atoms with Crippen LogP contribution in [0.1, 0.15) is 41.5 Å². The second-order valence-electron chi connectivity index (χ2n) is 9.06. The number of piperazine rings is 2. The smallest absolute Gasteiger partial charge is 0.0957 e. The van der Waals surface area contributed by atoms with Gasteiger partial charge in [0.15, 0.2) is 0 Å². The Morgan fingerprint density at radius 3 is 1.36 bits per heavy atom. The Morgan fingerprint density at radius 1 is 0.720 bits per heavy atom. The van der Waals surface area contributed by atoms with Gasteiger partial charge in [-0.3, -0.25) is 19.6 Å². The topological polar surface area (TPSA) is 33.2 Å². The van der Waals surface area contributed by atoms with Gasteiger partial charge in [0.2, 0.25) is 0 Å². The van der Waals surface area contributed by atoms with Crippen molar-refractivity contribution in [2.45, 2.75) is 52.6 Å². The molecule has 2 aliphatic rings. The number of aliphatic hydroxyl groups is 1. The third-order valence-electron chi connectivity index (χ3n) is 5.16. The average molecular weight is 353 g/mol. The lowest BCUT2D eigenvalue weighted by molar-refractivity contribution is 0.0197. The largest absolute Gasteiger partial charge is 0.381 e. The van der Waals surface area contributed by atoms with Crippen molar-refractivity contribution >= 4 is 0 Å². The molecule has 2 fully saturated rings. The summed E-state index contributed by atoms with van der Waals surface area (Å²) in [6.07, 6.45) is 5.27. The Kier molecular flexibility index (Phi) is 8.86. The molecular formula is C20H40N4O. The number of nitrogens with zero attached hydrogens (tertiary/aromatic N) is 4. The zero-order valence-corrected chi connectivity index (χ0v) is 17.4. The fraction of sp³-hybridized carbons (Fsp3) is 0.900. The minimum absolute atomic E-state index is 0.206.